The van der Waals surface area contributed by atoms with Crippen molar-refractivity contribution in [2.45, 2.75) is 25.3 Å². The van der Waals surface area contributed by atoms with E-state index in [2.05, 4.69) is 17.7 Å². The van der Waals surface area contributed by atoms with Gasteiger partial charge in [0.1, 0.15) is 0 Å². The van der Waals surface area contributed by atoms with E-state index in [1.165, 1.54) is 24.1 Å². The van der Waals surface area contributed by atoms with Gasteiger partial charge in [-0.3, -0.25) is 0 Å². The zero-order chi connectivity index (χ0) is 10.4. The maximum atomic E-state index is 6.21. The van der Waals surface area contributed by atoms with Crippen molar-refractivity contribution >= 4 is 22.9 Å². The fourth-order valence-corrected chi connectivity index (χ4v) is 4.74. The third-order valence-electron chi connectivity index (χ3n) is 4.10. The number of nitrogens with one attached hydrogen (secondary N) is 1. The Hall–Kier alpha value is -0.0500. The van der Waals surface area contributed by atoms with E-state index < -0.39 is 0 Å². The van der Waals surface area contributed by atoms with Gasteiger partial charge in [0.25, 0.3) is 0 Å². The van der Waals surface area contributed by atoms with Crippen LogP contribution < -0.4 is 5.32 Å². The van der Waals surface area contributed by atoms with Gasteiger partial charge in [0.2, 0.25) is 0 Å². The molecule has 0 aliphatic heterocycles. The van der Waals surface area contributed by atoms with Gasteiger partial charge in [-0.1, -0.05) is 18.0 Å². The summed E-state index contributed by atoms with van der Waals surface area (Å²) in [6.45, 7) is 0. The minimum atomic E-state index is 0.507. The maximum Gasteiger partial charge on any atom is 0.0561 e. The summed E-state index contributed by atoms with van der Waals surface area (Å²) in [7, 11) is 2.06. The molecule has 82 valence electrons. The molecule has 1 N–H and O–H groups in total. The van der Waals surface area contributed by atoms with Gasteiger partial charge in [-0.2, -0.15) is 0 Å². The molecule has 3 heteroatoms. The zero-order valence-corrected chi connectivity index (χ0v) is 10.4. The van der Waals surface area contributed by atoms with Crippen molar-refractivity contribution in [2.75, 3.05) is 7.05 Å². The lowest BCUT2D eigenvalue weighted by molar-refractivity contribution is 0.450. The summed E-state index contributed by atoms with van der Waals surface area (Å²) in [5.74, 6) is 2.83. The number of hydrogen-bond donors (Lipinski definition) is 1. The Morgan fingerprint density at radius 1 is 1.47 bits per heavy atom. The summed E-state index contributed by atoms with van der Waals surface area (Å²) in [6.07, 6.45) is 4.33. The highest BCUT2D eigenvalue weighted by molar-refractivity contribution is 7.10. The molecule has 0 amide bonds. The first-order valence-corrected chi connectivity index (χ1v) is 6.99. The third-order valence-corrected chi connectivity index (χ3v) is 5.54. The highest BCUT2D eigenvalue weighted by Gasteiger charge is 2.56. The summed E-state index contributed by atoms with van der Waals surface area (Å²) < 4.78 is 0. The predicted octanol–water partition coefficient (Wildman–Crippen LogP) is 3.71. The van der Waals surface area contributed by atoms with Crippen molar-refractivity contribution in [3.63, 3.8) is 0 Å². The van der Waals surface area contributed by atoms with Crippen molar-refractivity contribution in [2.24, 2.45) is 17.8 Å². The van der Waals surface area contributed by atoms with E-state index >= 15 is 0 Å². The number of fused-ring (bicyclic) bond motifs is 1. The monoisotopic (exact) mass is 241 g/mol. The summed E-state index contributed by atoms with van der Waals surface area (Å²) in [5, 5.41) is 6.51. The highest BCUT2D eigenvalue weighted by Crippen LogP contribution is 2.62. The van der Waals surface area contributed by atoms with E-state index in [9.17, 15) is 0 Å². The lowest BCUT2D eigenvalue weighted by Crippen LogP contribution is -2.19. The Morgan fingerprint density at radius 2 is 2.20 bits per heavy atom. The van der Waals surface area contributed by atoms with Gasteiger partial charge >= 0.3 is 0 Å². The molecule has 1 aromatic heterocycles. The minimum Gasteiger partial charge on any atom is -0.312 e. The Kier molecular flexibility index (Phi) is 2.54. The van der Waals surface area contributed by atoms with Crippen LogP contribution in [-0.2, 0) is 0 Å². The molecule has 0 spiro atoms. The van der Waals surface area contributed by atoms with Gasteiger partial charge in [-0.15, -0.1) is 11.3 Å². The van der Waals surface area contributed by atoms with Crippen LogP contribution in [0, 0.1) is 17.8 Å². The number of rotatable bonds is 3. The molecule has 0 radical (unpaired) electrons. The van der Waals surface area contributed by atoms with E-state index in [-0.39, 0.29) is 0 Å². The average Bonchev–Trinajstić information content (AvgIpc) is 2.66. The lowest BCUT2D eigenvalue weighted by atomic mass is 10.0. The molecule has 2 saturated carbocycles. The SMILES string of the molecule is CNC(c1sccc1Cl)C1C2CCCC21. The molecule has 0 aromatic carbocycles. The molecule has 2 fully saturated rings. The molecule has 3 atom stereocenters. The second-order valence-electron chi connectivity index (χ2n) is 4.74. The zero-order valence-electron chi connectivity index (χ0n) is 8.87. The molecule has 3 unspecified atom stereocenters. The highest BCUT2D eigenvalue weighted by atomic mass is 35.5. The van der Waals surface area contributed by atoms with Crippen LogP contribution in [0.3, 0.4) is 0 Å². The summed E-state index contributed by atoms with van der Waals surface area (Å²) in [4.78, 5) is 1.35. The van der Waals surface area contributed by atoms with Gasteiger partial charge in [-0.05, 0) is 49.1 Å². The van der Waals surface area contributed by atoms with E-state index in [1.807, 2.05) is 6.07 Å². The Morgan fingerprint density at radius 3 is 2.73 bits per heavy atom. The molecule has 2 aliphatic rings. The molecular weight excluding hydrogens is 226 g/mol. The molecule has 0 saturated heterocycles. The van der Waals surface area contributed by atoms with E-state index in [1.54, 1.807) is 11.3 Å². The summed E-state index contributed by atoms with van der Waals surface area (Å²) in [6, 6.07) is 2.53. The number of thiophene rings is 1. The van der Waals surface area contributed by atoms with Crippen molar-refractivity contribution in [3.8, 4) is 0 Å². The predicted molar refractivity (Wildman–Crippen MR) is 65.5 cm³/mol. The number of halogens is 1. The van der Waals surface area contributed by atoms with Gasteiger partial charge in [-0.25, -0.2) is 0 Å². The first-order chi connectivity index (χ1) is 7.33. The fourth-order valence-electron chi connectivity index (χ4n) is 3.40. The summed E-state index contributed by atoms with van der Waals surface area (Å²) >= 11 is 8.01. The van der Waals surface area contributed by atoms with Gasteiger partial charge in [0.15, 0.2) is 0 Å². The normalized spacial score (nSPS) is 35.2. The Labute approximate surface area is 99.8 Å². The maximum absolute atomic E-state index is 6.21. The van der Waals surface area contributed by atoms with Crippen LogP contribution in [0.25, 0.3) is 0 Å². The topological polar surface area (TPSA) is 12.0 Å². The molecule has 1 heterocycles. The second kappa shape index (κ2) is 3.76. The minimum absolute atomic E-state index is 0.507. The first-order valence-electron chi connectivity index (χ1n) is 5.73. The second-order valence-corrected chi connectivity index (χ2v) is 6.09. The fraction of sp³-hybridized carbons (Fsp3) is 0.667. The smallest absolute Gasteiger partial charge is 0.0561 e. The first kappa shape index (κ1) is 10.1. The molecular formula is C12H16ClNS. The number of hydrogen-bond acceptors (Lipinski definition) is 2. The molecule has 2 aliphatic carbocycles. The van der Waals surface area contributed by atoms with Crippen LogP contribution >= 0.6 is 22.9 Å². The van der Waals surface area contributed by atoms with Gasteiger partial charge in [0.05, 0.1) is 5.02 Å². The molecule has 15 heavy (non-hydrogen) atoms. The Balaban J connectivity index is 1.81. The van der Waals surface area contributed by atoms with E-state index in [4.69, 9.17) is 11.6 Å². The van der Waals surface area contributed by atoms with Crippen molar-refractivity contribution in [1.82, 2.24) is 5.32 Å². The molecule has 1 nitrogen and oxygen atoms in total. The van der Waals surface area contributed by atoms with Crippen molar-refractivity contribution < 1.29 is 0 Å². The largest absolute Gasteiger partial charge is 0.312 e. The van der Waals surface area contributed by atoms with Crippen LogP contribution in [0.1, 0.15) is 30.2 Å². The third kappa shape index (κ3) is 1.54. The van der Waals surface area contributed by atoms with Crippen molar-refractivity contribution in [1.29, 1.82) is 0 Å². The van der Waals surface area contributed by atoms with Crippen LogP contribution in [0.4, 0.5) is 0 Å². The molecule has 1 aromatic rings. The summed E-state index contributed by atoms with van der Waals surface area (Å²) in [5.41, 5.74) is 0. The standard InChI is InChI=1S/C12H16ClNS/c1-14-11(12-9(13)5-6-15-12)10-7-3-2-4-8(7)10/h5-8,10-11,14H,2-4H2,1H3. The van der Waals surface area contributed by atoms with Crippen LogP contribution in [0.2, 0.25) is 5.02 Å². The lowest BCUT2D eigenvalue weighted by Gasteiger charge is -2.17. The average molecular weight is 242 g/mol. The van der Waals surface area contributed by atoms with E-state index in [0.29, 0.717) is 6.04 Å². The van der Waals surface area contributed by atoms with Crippen molar-refractivity contribution in [3.05, 3.63) is 21.3 Å². The molecule has 3 rings (SSSR count). The van der Waals surface area contributed by atoms with Gasteiger partial charge < -0.3 is 5.32 Å². The van der Waals surface area contributed by atoms with Crippen LogP contribution in [-0.4, -0.2) is 7.05 Å². The Bertz CT molecular complexity index is 352. The van der Waals surface area contributed by atoms with Gasteiger partial charge in [0, 0.05) is 10.9 Å². The van der Waals surface area contributed by atoms with Crippen LogP contribution in [0.15, 0.2) is 11.4 Å². The molecule has 0 bridgehead atoms. The van der Waals surface area contributed by atoms with E-state index in [0.717, 1.165) is 22.8 Å². The van der Waals surface area contributed by atoms with Crippen LogP contribution in [0.5, 0.6) is 0 Å². The quantitative estimate of drug-likeness (QED) is 0.851.